The summed E-state index contributed by atoms with van der Waals surface area (Å²) in [5.41, 5.74) is 2.97. The molecule has 0 saturated carbocycles. The third-order valence-corrected chi connectivity index (χ3v) is 5.81. The Morgan fingerprint density at radius 3 is 2.07 bits per heavy atom. The van der Waals surface area contributed by atoms with Crippen LogP contribution in [-0.2, 0) is 4.79 Å². The van der Waals surface area contributed by atoms with E-state index in [1.165, 1.54) is 0 Å². The Labute approximate surface area is 177 Å². The van der Waals surface area contributed by atoms with Crippen LogP contribution in [0.5, 0.6) is 0 Å². The Hall–Kier alpha value is -3.34. The van der Waals surface area contributed by atoms with Gasteiger partial charge in [0.1, 0.15) is 0 Å². The van der Waals surface area contributed by atoms with Crippen LogP contribution in [0.1, 0.15) is 35.3 Å². The smallest absolute Gasteiger partial charge is 0.225 e. The van der Waals surface area contributed by atoms with Crippen molar-refractivity contribution in [2.75, 3.05) is 31.1 Å². The fourth-order valence-corrected chi connectivity index (χ4v) is 4.04. The quantitative estimate of drug-likeness (QED) is 0.586. The van der Waals surface area contributed by atoms with Crippen LogP contribution in [0.25, 0.3) is 0 Å². The van der Waals surface area contributed by atoms with Crippen molar-refractivity contribution in [2.24, 2.45) is 0 Å². The molecular weight excluding hydrogens is 374 g/mol. The van der Waals surface area contributed by atoms with Crippen molar-refractivity contribution >= 4 is 17.4 Å². The number of rotatable bonds is 6. The summed E-state index contributed by atoms with van der Waals surface area (Å²) < 4.78 is 2.11. The number of aromatic nitrogens is 1. The molecular formula is C25H27N3O2. The molecule has 2 heterocycles. The Kier molecular flexibility index (Phi) is 5.98. The van der Waals surface area contributed by atoms with Crippen LogP contribution in [0, 0.1) is 0 Å². The summed E-state index contributed by atoms with van der Waals surface area (Å²) in [7, 11) is 0. The molecule has 0 spiro atoms. The van der Waals surface area contributed by atoms with Crippen LogP contribution in [0.15, 0.2) is 79.1 Å². The topological polar surface area (TPSA) is 45.6 Å². The van der Waals surface area contributed by atoms with E-state index >= 15 is 0 Å². The molecule has 1 aliphatic rings. The maximum absolute atomic E-state index is 13.1. The van der Waals surface area contributed by atoms with Gasteiger partial charge in [0.05, 0.1) is 12.5 Å². The highest BCUT2D eigenvalue weighted by molar-refractivity contribution is 5.94. The molecule has 5 nitrogen and oxygen atoms in total. The first-order valence-electron chi connectivity index (χ1n) is 10.4. The SMILES string of the molecule is CC(=O)c1ccc(N2CCN(C(=O)C[C@H](c3ccccc3)n3cccc3)CC2)cc1. The first kappa shape index (κ1) is 20.0. The molecule has 4 rings (SSSR count). The summed E-state index contributed by atoms with van der Waals surface area (Å²) >= 11 is 0. The molecule has 30 heavy (non-hydrogen) atoms. The maximum Gasteiger partial charge on any atom is 0.225 e. The van der Waals surface area contributed by atoms with Crippen molar-refractivity contribution in [3.8, 4) is 0 Å². The van der Waals surface area contributed by atoms with E-state index in [0.29, 0.717) is 19.5 Å². The summed E-state index contributed by atoms with van der Waals surface area (Å²) in [6.07, 6.45) is 4.49. The van der Waals surface area contributed by atoms with Gasteiger partial charge in [0.2, 0.25) is 5.91 Å². The number of hydrogen-bond donors (Lipinski definition) is 0. The van der Waals surface area contributed by atoms with Gasteiger partial charge in [-0.15, -0.1) is 0 Å². The molecule has 0 bridgehead atoms. The highest BCUT2D eigenvalue weighted by Gasteiger charge is 2.25. The first-order valence-corrected chi connectivity index (χ1v) is 10.4. The number of nitrogens with zero attached hydrogens (tertiary/aromatic N) is 3. The van der Waals surface area contributed by atoms with Gasteiger partial charge >= 0.3 is 0 Å². The second-order valence-electron chi connectivity index (χ2n) is 7.73. The Balaban J connectivity index is 1.39. The zero-order valence-electron chi connectivity index (χ0n) is 17.3. The highest BCUT2D eigenvalue weighted by Crippen LogP contribution is 2.24. The number of carbonyl (C=O) groups excluding carboxylic acids is 2. The highest BCUT2D eigenvalue weighted by atomic mass is 16.2. The number of ketones is 1. The molecule has 1 amide bonds. The Morgan fingerprint density at radius 1 is 0.833 bits per heavy atom. The van der Waals surface area contributed by atoms with Crippen molar-refractivity contribution in [1.82, 2.24) is 9.47 Å². The number of carbonyl (C=O) groups is 2. The van der Waals surface area contributed by atoms with Gasteiger partial charge in [-0.1, -0.05) is 30.3 Å². The molecule has 1 atom stereocenters. The minimum atomic E-state index is 0.00542. The number of Topliss-reactive ketones (excluding diaryl/α,β-unsaturated/α-hetero) is 1. The second-order valence-corrected chi connectivity index (χ2v) is 7.73. The van der Waals surface area contributed by atoms with E-state index < -0.39 is 0 Å². The molecule has 1 aromatic heterocycles. The standard InChI is InChI=1S/C25H27N3O2/c1-20(29)21-9-11-23(12-10-21)26-15-17-28(18-16-26)25(30)19-24(27-13-5-6-14-27)22-7-3-2-4-8-22/h2-14,24H,15-19H2,1H3/t24-/m1/s1. The molecule has 0 radical (unpaired) electrons. The molecule has 0 aliphatic carbocycles. The summed E-state index contributed by atoms with van der Waals surface area (Å²) in [5.74, 6) is 0.261. The van der Waals surface area contributed by atoms with Gasteiger partial charge in [-0.2, -0.15) is 0 Å². The molecule has 0 unspecified atom stereocenters. The van der Waals surface area contributed by atoms with Crippen molar-refractivity contribution in [1.29, 1.82) is 0 Å². The summed E-state index contributed by atoms with van der Waals surface area (Å²) in [5, 5.41) is 0. The van der Waals surface area contributed by atoms with Gasteiger partial charge in [-0.3, -0.25) is 9.59 Å². The zero-order chi connectivity index (χ0) is 20.9. The molecule has 3 aromatic rings. The number of piperazine rings is 1. The lowest BCUT2D eigenvalue weighted by Gasteiger charge is -2.37. The minimum Gasteiger partial charge on any atom is -0.368 e. The molecule has 2 aromatic carbocycles. The van der Waals surface area contributed by atoms with E-state index in [1.807, 2.05) is 71.9 Å². The first-order chi connectivity index (χ1) is 14.6. The van der Waals surface area contributed by atoms with E-state index in [1.54, 1.807) is 6.92 Å². The molecule has 1 saturated heterocycles. The lowest BCUT2D eigenvalue weighted by molar-refractivity contribution is -0.132. The summed E-state index contributed by atoms with van der Waals surface area (Å²) in [4.78, 5) is 28.8. The van der Waals surface area contributed by atoms with Gasteiger partial charge in [0.15, 0.2) is 5.78 Å². The van der Waals surface area contributed by atoms with Gasteiger partial charge in [-0.25, -0.2) is 0 Å². The van der Waals surface area contributed by atoms with E-state index in [-0.39, 0.29) is 17.7 Å². The Morgan fingerprint density at radius 2 is 1.47 bits per heavy atom. The van der Waals surface area contributed by atoms with Crippen LogP contribution >= 0.6 is 0 Å². The van der Waals surface area contributed by atoms with Gasteiger partial charge < -0.3 is 14.4 Å². The molecule has 5 heteroatoms. The lowest BCUT2D eigenvalue weighted by Crippen LogP contribution is -2.49. The third kappa shape index (κ3) is 4.46. The fraction of sp³-hybridized carbons (Fsp3) is 0.280. The summed E-state index contributed by atoms with van der Waals surface area (Å²) in [6, 6.07) is 21.9. The largest absolute Gasteiger partial charge is 0.368 e. The van der Waals surface area contributed by atoms with Crippen molar-refractivity contribution in [3.05, 3.63) is 90.3 Å². The maximum atomic E-state index is 13.1. The van der Waals surface area contributed by atoms with Gasteiger partial charge in [0.25, 0.3) is 0 Å². The van der Waals surface area contributed by atoms with Gasteiger partial charge in [-0.05, 0) is 48.9 Å². The average molecular weight is 402 g/mol. The monoisotopic (exact) mass is 401 g/mol. The van der Waals surface area contributed by atoms with Crippen molar-refractivity contribution < 1.29 is 9.59 Å². The number of hydrogen-bond acceptors (Lipinski definition) is 3. The normalized spacial score (nSPS) is 15.1. The predicted octanol–water partition coefficient (Wildman–Crippen LogP) is 4.02. The molecule has 1 aliphatic heterocycles. The van der Waals surface area contributed by atoms with Crippen molar-refractivity contribution in [2.45, 2.75) is 19.4 Å². The minimum absolute atomic E-state index is 0.00542. The molecule has 154 valence electrons. The van der Waals surface area contributed by atoms with E-state index in [9.17, 15) is 9.59 Å². The Bertz CT molecular complexity index is 973. The van der Waals surface area contributed by atoms with Crippen LogP contribution in [0.3, 0.4) is 0 Å². The molecule has 1 fully saturated rings. The second kappa shape index (κ2) is 8.99. The van der Waals surface area contributed by atoms with Crippen LogP contribution in [0.2, 0.25) is 0 Å². The van der Waals surface area contributed by atoms with Crippen LogP contribution in [-0.4, -0.2) is 47.3 Å². The number of benzene rings is 2. The zero-order valence-corrected chi connectivity index (χ0v) is 17.3. The average Bonchev–Trinajstić information content (AvgIpc) is 3.33. The van der Waals surface area contributed by atoms with Crippen molar-refractivity contribution in [3.63, 3.8) is 0 Å². The molecule has 0 N–H and O–H groups in total. The van der Waals surface area contributed by atoms with Gasteiger partial charge in [0, 0.05) is 49.8 Å². The van der Waals surface area contributed by atoms with E-state index in [0.717, 1.165) is 29.9 Å². The predicted molar refractivity (Wildman–Crippen MR) is 119 cm³/mol. The number of amides is 1. The lowest BCUT2D eigenvalue weighted by atomic mass is 10.0. The van der Waals surface area contributed by atoms with Crippen LogP contribution < -0.4 is 4.90 Å². The van der Waals surface area contributed by atoms with E-state index in [2.05, 4.69) is 21.6 Å². The fourth-order valence-electron chi connectivity index (χ4n) is 4.04. The number of anilines is 1. The third-order valence-electron chi connectivity index (χ3n) is 5.81. The summed E-state index contributed by atoms with van der Waals surface area (Å²) in [6.45, 7) is 4.59. The van der Waals surface area contributed by atoms with E-state index in [4.69, 9.17) is 0 Å². The van der Waals surface area contributed by atoms with Crippen LogP contribution in [0.4, 0.5) is 5.69 Å².